The number of methoxy groups -OCH3 is 1. The molecule has 2 aromatic carbocycles. The first-order valence-electron chi connectivity index (χ1n) is 15.0. The maximum Gasteiger partial charge on any atom is 0.323 e. The highest BCUT2D eigenvalue weighted by atomic mass is 79.9. The number of amides is 3. The Kier molecular flexibility index (Phi) is 10.1. The van der Waals surface area contributed by atoms with Gasteiger partial charge >= 0.3 is 12.0 Å². The summed E-state index contributed by atoms with van der Waals surface area (Å²) in [6.45, 7) is 0.500. The molecule has 3 atom stereocenters. The van der Waals surface area contributed by atoms with Gasteiger partial charge in [-0.15, -0.1) is 0 Å². The minimum atomic E-state index is -0.714. The zero-order chi connectivity index (χ0) is 29.6. The summed E-state index contributed by atoms with van der Waals surface area (Å²) in [5.74, 6) is 0.0900. The predicted molar refractivity (Wildman–Crippen MR) is 164 cm³/mol. The van der Waals surface area contributed by atoms with Crippen LogP contribution in [0.2, 0.25) is 0 Å². The van der Waals surface area contributed by atoms with Crippen LogP contribution in [-0.4, -0.2) is 59.8 Å². The lowest BCUT2D eigenvalue weighted by Gasteiger charge is -2.35. The van der Waals surface area contributed by atoms with E-state index in [1.165, 1.54) is 6.42 Å². The van der Waals surface area contributed by atoms with E-state index in [1.807, 2.05) is 30.3 Å². The van der Waals surface area contributed by atoms with Gasteiger partial charge in [0.25, 0.3) is 0 Å². The van der Waals surface area contributed by atoms with E-state index >= 15 is 0 Å². The average Bonchev–Trinajstić information content (AvgIpc) is 3.37. The zero-order valence-corrected chi connectivity index (χ0v) is 25.6. The van der Waals surface area contributed by atoms with Crippen LogP contribution in [0.4, 0.5) is 16.2 Å². The number of fused-ring (bicyclic) bond motifs is 1. The maximum absolute atomic E-state index is 13.8. The molecule has 0 bridgehead atoms. The first kappa shape index (κ1) is 30.4. The number of hydrogen-bond donors (Lipinski definition) is 3. The second-order valence-electron chi connectivity index (χ2n) is 11.7. The highest BCUT2D eigenvalue weighted by Gasteiger charge is 2.44. The van der Waals surface area contributed by atoms with Gasteiger partial charge in [-0.1, -0.05) is 31.0 Å². The number of likely N-dealkylation sites (tertiary alicyclic amines) is 1. The molecule has 1 heterocycles. The molecule has 3 aliphatic rings. The zero-order valence-electron chi connectivity index (χ0n) is 24.0. The highest BCUT2D eigenvalue weighted by Crippen LogP contribution is 2.41. The number of para-hydroxylation sites is 1. The van der Waals surface area contributed by atoms with E-state index in [0.29, 0.717) is 42.5 Å². The van der Waals surface area contributed by atoms with Crippen molar-refractivity contribution in [2.75, 3.05) is 24.4 Å². The van der Waals surface area contributed by atoms with Gasteiger partial charge in [0.05, 0.1) is 49.6 Å². The number of anilines is 2. The molecule has 42 heavy (non-hydrogen) atoms. The molecule has 0 spiro atoms. The van der Waals surface area contributed by atoms with Crippen LogP contribution < -0.4 is 15.4 Å². The molecule has 1 saturated heterocycles. The summed E-state index contributed by atoms with van der Waals surface area (Å²) in [7, 11) is 1.54. The second kappa shape index (κ2) is 13.9. The lowest BCUT2D eigenvalue weighted by Crippen LogP contribution is -2.46. The van der Waals surface area contributed by atoms with Crippen LogP contribution in [-0.2, 0) is 20.7 Å². The van der Waals surface area contributed by atoms with Gasteiger partial charge in [0.2, 0.25) is 5.91 Å². The largest absolute Gasteiger partial charge is 0.495 e. The van der Waals surface area contributed by atoms with E-state index < -0.39 is 12.0 Å². The summed E-state index contributed by atoms with van der Waals surface area (Å²) < 4.78 is 12.7. The van der Waals surface area contributed by atoms with Gasteiger partial charge in [-0.2, -0.15) is 0 Å². The Labute approximate surface area is 255 Å². The summed E-state index contributed by atoms with van der Waals surface area (Å²) in [4.78, 5) is 39.9. The van der Waals surface area contributed by atoms with Crippen molar-refractivity contribution in [2.24, 2.45) is 11.8 Å². The Hall–Kier alpha value is -3.11. The normalized spacial score (nSPS) is 25.4. The fourth-order valence-electron chi connectivity index (χ4n) is 6.88. The molecule has 0 aromatic heterocycles. The van der Waals surface area contributed by atoms with Crippen molar-refractivity contribution in [3.05, 3.63) is 52.5 Å². The molecule has 2 saturated carbocycles. The first-order chi connectivity index (χ1) is 20.3. The Morgan fingerprint density at radius 3 is 2.45 bits per heavy atom. The van der Waals surface area contributed by atoms with Crippen LogP contribution in [0.25, 0.3) is 0 Å². The number of hydrogen-bond acceptors (Lipinski definition) is 5. The topological polar surface area (TPSA) is 117 Å². The third-order valence-corrected chi connectivity index (χ3v) is 9.71. The molecular formula is C32H40BrN3O6. The lowest BCUT2D eigenvalue weighted by molar-refractivity contribution is -0.144. The summed E-state index contributed by atoms with van der Waals surface area (Å²) in [5, 5.41) is 14.9. The van der Waals surface area contributed by atoms with E-state index in [1.54, 1.807) is 19.2 Å². The van der Waals surface area contributed by atoms with E-state index in [0.717, 1.165) is 48.6 Å². The number of nitrogens with one attached hydrogen (secondary N) is 2. The van der Waals surface area contributed by atoms with Crippen molar-refractivity contribution in [1.82, 2.24) is 4.90 Å². The standard InChI is InChI=1S/C32H40BrN3O6/c1-41-29-16-20(10-15-27(29)35-32(40)34-26-8-4-3-7-25(26)33)17-30(37)36-23(18-22-6-2-5-9-28(22)36)19-42-24-13-11-21(12-14-24)31(38)39/h3-4,7-8,10,15-16,21-24,28H,2,5-6,9,11-14,17-19H2,1H3,(H,38,39)(H2,34,35,40). The molecule has 9 nitrogen and oxygen atoms in total. The monoisotopic (exact) mass is 641 g/mol. The van der Waals surface area contributed by atoms with Crippen molar-refractivity contribution in [2.45, 2.75) is 82.4 Å². The van der Waals surface area contributed by atoms with Crippen LogP contribution in [0.15, 0.2) is 46.9 Å². The van der Waals surface area contributed by atoms with Crippen molar-refractivity contribution in [3.8, 4) is 5.75 Å². The highest BCUT2D eigenvalue weighted by molar-refractivity contribution is 9.10. The molecule has 3 amide bonds. The number of benzene rings is 2. The minimum Gasteiger partial charge on any atom is -0.495 e. The first-order valence-corrected chi connectivity index (χ1v) is 15.8. The van der Waals surface area contributed by atoms with Gasteiger partial charge in [0, 0.05) is 10.5 Å². The Bertz CT molecular complexity index is 1280. The van der Waals surface area contributed by atoms with E-state index in [4.69, 9.17) is 9.47 Å². The number of carboxylic acids is 1. The quantitative estimate of drug-likeness (QED) is 0.289. The average molecular weight is 643 g/mol. The molecule has 2 aliphatic carbocycles. The van der Waals surface area contributed by atoms with Crippen molar-refractivity contribution in [3.63, 3.8) is 0 Å². The van der Waals surface area contributed by atoms with Crippen molar-refractivity contribution in [1.29, 1.82) is 0 Å². The fourth-order valence-corrected chi connectivity index (χ4v) is 7.26. The number of rotatable bonds is 9. The third kappa shape index (κ3) is 7.26. The summed E-state index contributed by atoms with van der Waals surface area (Å²) in [6.07, 6.45) is 8.57. The number of carbonyl (C=O) groups excluding carboxylic acids is 2. The second-order valence-corrected chi connectivity index (χ2v) is 12.6. The van der Waals surface area contributed by atoms with Gasteiger partial charge < -0.3 is 30.1 Å². The van der Waals surface area contributed by atoms with E-state index in [-0.39, 0.29) is 36.4 Å². The number of halogens is 1. The Morgan fingerprint density at radius 2 is 1.71 bits per heavy atom. The number of carboxylic acid groups (broad SMARTS) is 1. The minimum absolute atomic E-state index is 0.0339. The van der Waals surface area contributed by atoms with Crippen LogP contribution in [0.3, 0.4) is 0 Å². The summed E-state index contributed by atoms with van der Waals surface area (Å²) >= 11 is 3.43. The molecule has 1 aliphatic heterocycles. The van der Waals surface area contributed by atoms with E-state index in [9.17, 15) is 19.5 Å². The molecule has 3 unspecified atom stereocenters. The number of aliphatic carboxylic acids is 1. The molecule has 3 N–H and O–H groups in total. The van der Waals surface area contributed by atoms with Crippen molar-refractivity contribution >= 4 is 45.2 Å². The third-order valence-electron chi connectivity index (χ3n) is 9.02. The van der Waals surface area contributed by atoms with Gasteiger partial charge in [-0.05, 0) is 96.6 Å². The van der Waals surface area contributed by atoms with Crippen molar-refractivity contribution < 1.29 is 29.0 Å². The Balaban J connectivity index is 1.22. The SMILES string of the molecule is COc1cc(CC(=O)N2C(COC3CCC(C(=O)O)CC3)CC3CCCCC32)ccc1NC(=O)Nc1ccccc1Br. The molecule has 0 radical (unpaired) electrons. The molecule has 3 fully saturated rings. The summed E-state index contributed by atoms with van der Waals surface area (Å²) in [5.41, 5.74) is 1.98. The van der Waals surface area contributed by atoms with Gasteiger partial charge in [0.1, 0.15) is 5.75 Å². The number of ether oxygens (including phenoxy) is 2. The number of nitrogens with zero attached hydrogens (tertiary/aromatic N) is 1. The molecule has 226 valence electrons. The molecule has 2 aromatic rings. The lowest BCUT2D eigenvalue weighted by atomic mass is 9.84. The number of carbonyl (C=O) groups is 3. The predicted octanol–water partition coefficient (Wildman–Crippen LogP) is 6.46. The van der Waals surface area contributed by atoms with Crippen LogP contribution in [0.1, 0.15) is 63.4 Å². The maximum atomic E-state index is 13.8. The smallest absolute Gasteiger partial charge is 0.323 e. The summed E-state index contributed by atoms with van der Waals surface area (Å²) in [6, 6.07) is 12.7. The number of urea groups is 1. The van der Waals surface area contributed by atoms with Crippen LogP contribution in [0, 0.1) is 11.8 Å². The van der Waals surface area contributed by atoms with Gasteiger partial charge in [-0.25, -0.2) is 4.79 Å². The molecule has 10 heteroatoms. The Morgan fingerprint density at radius 1 is 0.976 bits per heavy atom. The van der Waals surface area contributed by atoms with Gasteiger partial charge in [-0.3, -0.25) is 9.59 Å². The van der Waals surface area contributed by atoms with Crippen LogP contribution in [0.5, 0.6) is 5.75 Å². The fraction of sp³-hybridized carbons (Fsp3) is 0.531. The van der Waals surface area contributed by atoms with Crippen LogP contribution >= 0.6 is 15.9 Å². The molecular weight excluding hydrogens is 602 g/mol. The molecule has 5 rings (SSSR count). The van der Waals surface area contributed by atoms with Gasteiger partial charge in [0.15, 0.2) is 0 Å². The van der Waals surface area contributed by atoms with E-state index in [2.05, 4.69) is 31.5 Å².